The Hall–Kier alpha value is -2.70. The number of carbonyl (C=O) groups excluding carboxylic acids is 1. The largest absolute Gasteiger partial charge is 0.489 e. The maximum Gasteiger partial charge on any atom is 0.318 e. The summed E-state index contributed by atoms with van der Waals surface area (Å²) >= 11 is 0. The fourth-order valence-corrected chi connectivity index (χ4v) is 3.40. The standard InChI is InChI=1S/C21H26FN3O3/c1-4-27-21-23-12-19(22)20(24-21)25-10-9-18(13-25)28-17-7-5-16(6-8-17)14(2)11-15(3)26/h5-8,12,14,18H,4,9-11,13H2,1-3H3/t14-,18-/m1/s1. The molecule has 1 aliphatic rings. The molecule has 0 spiro atoms. The van der Waals surface area contributed by atoms with Crippen molar-refractivity contribution in [2.75, 3.05) is 24.6 Å². The predicted molar refractivity (Wildman–Crippen MR) is 105 cm³/mol. The molecule has 3 rings (SSSR count). The normalized spacial score (nSPS) is 17.4. The van der Waals surface area contributed by atoms with Crippen molar-refractivity contribution in [1.29, 1.82) is 0 Å². The first-order chi connectivity index (χ1) is 13.5. The number of Topliss-reactive ketones (excluding diaryl/α,β-unsaturated/α-hetero) is 1. The van der Waals surface area contributed by atoms with Crippen LogP contribution in [0.25, 0.3) is 0 Å². The Bertz CT molecular complexity index is 813. The van der Waals surface area contributed by atoms with Crippen molar-refractivity contribution >= 4 is 11.6 Å². The zero-order valence-electron chi connectivity index (χ0n) is 16.5. The third-order valence-electron chi connectivity index (χ3n) is 4.77. The molecule has 28 heavy (non-hydrogen) atoms. The van der Waals surface area contributed by atoms with E-state index in [0.29, 0.717) is 26.1 Å². The highest BCUT2D eigenvalue weighted by molar-refractivity contribution is 5.76. The quantitative estimate of drug-likeness (QED) is 0.687. The topological polar surface area (TPSA) is 64.6 Å². The lowest BCUT2D eigenvalue weighted by molar-refractivity contribution is -0.117. The molecule has 7 heteroatoms. The minimum absolute atomic E-state index is 0.0506. The van der Waals surface area contributed by atoms with E-state index >= 15 is 0 Å². The highest BCUT2D eigenvalue weighted by Gasteiger charge is 2.27. The molecule has 150 valence electrons. The lowest BCUT2D eigenvalue weighted by Crippen LogP contribution is -2.26. The second-order valence-electron chi connectivity index (χ2n) is 7.11. The van der Waals surface area contributed by atoms with Gasteiger partial charge >= 0.3 is 6.01 Å². The number of hydrogen-bond donors (Lipinski definition) is 0. The van der Waals surface area contributed by atoms with Gasteiger partial charge in [-0.15, -0.1) is 0 Å². The molecule has 1 fully saturated rings. The molecule has 0 bridgehead atoms. The Labute approximate surface area is 164 Å². The van der Waals surface area contributed by atoms with Gasteiger partial charge in [0.25, 0.3) is 0 Å². The molecule has 0 unspecified atom stereocenters. The Kier molecular flexibility index (Phi) is 6.44. The van der Waals surface area contributed by atoms with Gasteiger partial charge in [0.1, 0.15) is 17.6 Å². The van der Waals surface area contributed by atoms with Crippen LogP contribution in [0.1, 0.15) is 45.1 Å². The molecule has 0 aliphatic carbocycles. The van der Waals surface area contributed by atoms with Crippen molar-refractivity contribution in [3.05, 3.63) is 41.8 Å². The van der Waals surface area contributed by atoms with Crippen LogP contribution in [-0.2, 0) is 4.79 Å². The highest BCUT2D eigenvalue weighted by Crippen LogP contribution is 2.27. The van der Waals surface area contributed by atoms with Gasteiger partial charge in [-0.1, -0.05) is 19.1 Å². The molecule has 1 aromatic heterocycles. The average molecular weight is 387 g/mol. The maximum atomic E-state index is 14.1. The summed E-state index contributed by atoms with van der Waals surface area (Å²) in [6.45, 7) is 7.10. The van der Waals surface area contributed by atoms with Gasteiger partial charge in [0, 0.05) is 19.4 Å². The molecule has 1 aliphatic heterocycles. The fraction of sp³-hybridized carbons (Fsp3) is 0.476. The van der Waals surface area contributed by atoms with E-state index < -0.39 is 5.82 Å². The van der Waals surface area contributed by atoms with Crippen LogP contribution in [-0.4, -0.2) is 41.6 Å². The van der Waals surface area contributed by atoms with Crippen LogP contribution in [0.3, 0.4) is 0 Å². The summed E-state index contributed by atoms with van der Waals surface area (Å²) in [6, 6.07) is 8.01. The van der Waals surface area contributed by atoms with Gasteiger partial charge in [0.2, 0.25) is 0 Å². The first-order valence-electron chi connectivity index (χ1n) is 9.62. The van der Waals surface area contributed by atoms with Crippen molar-refractivity contribution < 1.29 is 18.7 Å². The van der Waals surface area contributed by atoms with E-state index in [9.17, 15) is 9.18 Å². The summed E-state index contributed by atoms with van der Waals surface area (Å²) in [7, 11) is 0. The number of anilines is 1. The predicted octanol–water partition coefficient (Wildman–Crippen LogP) is 3.75. The SMILES string of the molecule is CCOc1ncc(F)c(N2CC[C@@H](Oc3ccc([C@H](C)CC(C)=O)cc3)C2)n1. The number of rotatable bonds is 8. The van der Waals surface area contributed by atoms with E-state index in [1.165, 1.54) is 0 Å². The monoisotopic (exact) mass is 387 g/mol. The van der Waals surface area contributed by atoms with Gasteiger partial charge in [0.15, 0.2) is 11.6 Å². The van der Waals surface area contributed by atoms with Gasteiger partial charge in [0.05, 0.1) is 19.3 Å². The zero-order valence-corrected chi connectivity index (χ0v) is 16.5. The summed E-state index contributed by atoms with van der Waals surface area (Å²) in [5, 5.41) is 0. The Morgan fingerprint density at radius 1 is 1.36 bits per heavy atom. The minimum atomic E-state index is -0.465. The van der Waals surface area contributed by atoms with Gasteiger partial charge in [-0.25, -0.2) is 9.37 Å². The number of ketones is 1. The van der Waals surface area contributed by atoms with E-state index in [0.717, 1.165) is 23.9 Å². The molecule has 6 nitrogen and oxygen atoms in total. The van der Waals surface area contributed by atoms with Crippen molar-refractivity contribution in [2.24, 2.45) is 0 Å². The molecule has 1 saturated heterocycles. The lowest BCUT2D eigenvalue weighted by Gasteiger charge is -2.19. The maximum absolute atomic E-state index is 14.1. The minimum Gasteiger partial charge on any atom is -0.489 e. The van der Waals surface area contributed by atoms with E-state index in [2.05, 4.69) is 9.97 Å². The number of halogens is 1. The fourth-order valence-electron chi connectivity index (χ4n) is 3.40. The molecule has 0 amide bonds. The first kappa shape index (κ1) is 20.0. The summed E-state index contributed by atoms with van der Waals surface area (Å²) < 4.78 is 25.5. The van der Waals surface area contributed by atoms with Crippen molar-refractivity contribution in [1.82, 2.24) is 9.97 Å². The van der Waals surface area contributed by atoms with Gasteiger partial charge in [-0.2, -0.15) is 4.98 Å². The van der Waals surface area contributed by atoms with Crippen molar-refractivity contribution in [2.45, 2.75) is 45.6 Å². The van der Waals surface area contributed by atoms with E-state index in [1.54, 1.807) is 6.92 Å². The van der Waals surface area contributed by atoms with Gasteiger partial charge in [-0.05, 0) is 37.5 Å². The highest BCUT2D eigenvalue weighted by atomic mass is 19.1. The summed E-state index contributed by atoms with van der Waals surface area (Å²) in [4.78, 5) is 21.1. The lowest BCUT2D eigenvalue weighted by atomic mass is 9.96. The second-order valence-corrected chi connectivity index (χ2v) is 7.11. The Morgan fingerprint density at radius 2 is 2.11 bits per heavy atom. The third-order valence-corrected chi connectivity index (χ3v) is 4.77. The number of hydrogen-bond acceptors (Lipinski definition) is 6. The molecule has 0 N–H and O–H groups in total. The number of nitrogens with zero attached hydrogens (tertiary/aromatic N) is 3. The number of carbonyl (C=O) groups is 1. The molecule has 2 heterocycles. The van der Waals surface area contributed by atoms with Crippen LogP contribution in [0.15, 0.2) is 30.5 Å². The Morgan fingerprint density at radius 3 is 2.79 bits per heavy atom. The van der Waals surface area contributed by atoms with Gasteiger partial charge < -0.3 is 19.2 Å². The summed E-state index contributed by atoms with van der Waals surface area (Å²) in [6.07, 6.45) is 2.40. The van der Waals surface area contributed by atoms with Crippen LogP contribution in [0.4, 0.5) is 10.2 Å². The summed E-state index contributed by atoms with van der Waals surface area (Å²) in [5.74, 6) is 0.923. The second kappa shape index (κ2) is 8.99. The number of benzene rings is 1. The van der Waals surface area contributed by atoms with Crippen LogP contribution < -0.4 is 14.4 Å². The van der Waals surface area contributed by atoms with E-state index in [4.69, 9.17) is 9.47 Å². The van der Waals surface area contributed by atoms with E-state index in [-0.39, 0.29) is 29.6 Å². The molecule has 1 aromatic carbocycles. The average Bonchev–Trinajstić information content (AvgIpc) is 3.12. The zero-order chi connectivity index (χ0) is 20.1. The molecular weight excluding hydrogens is 361 g/mol. The van der Waals surface area contributed by atoms with Crippen LogP contribution in [0, 0.1) is 5.82 Å². The van der Waals surface area contributed by atoms with Crippen LogP contribution in [0.2, 0.25) is 0 Å². The molecule has 0 radical (unpaired) electrons. The molecule has 0 saturated carbocycles. The van der Waals surface area contributed by atoms with Crippen molar-refractivity contribution in [3.63, 3.8) is 0 Å². The van der Waals surface area contributed by atoms with Crippen LogP contribution >= 0.6 is 0 Å². The first-order valence-corrected chi connectivity index (χ1v) is 9.62. The van der Waals surface area contributed by atoms with Crippen LogP contribution in [0.5, 0.6) is 11.8 Å². The molecule has 2 aromatic rings. The smallest absolute Gasteiger partial charge is 0.318 e. The van der Waals surface area contributed by atoms with Gasteiger partial charge in [-0.3, -0.25) is 0 Å². The molecule has 2 atom stereocenters. The van der Waals surface area contributed by atoms with Crippen molar-refractivity contribution in [3.8, 4) is 11.8 Å². The Balaban J connectivity index is 1.60. The third kappa shape index (κ3) is 4.97. The molecular formula is C21H26FN3O3. The number of aromatic nitrogens is 2. The number of ether oxygens (including phenoxy) is 2. The van der Waals surface area contributed by atoms with E-state index in [1.807, 2.05) is 43.0 Å². The summed E-state index contributed by atoms with van der Waals surface area (Å²) in [5.41, 5.74) is 1.11.